The van der Waals surface area contributed by atoms with E-state index in [0.717, 1.165) is 6.07 Å². The Kier molecular flexibility index (Phi) is 4.91. The van der Waals surface area contributed by atoms with Gasteiger partial charge >= 0.3 is 0 Å². The molecule has 0 bridgehead atoms. The zero-order valence-electron chi connectivity index (χ0n) is 10.6. The minimum absolute atomic E-state index is 0.200. The summed E-state index contributed by atoms with van der Waals surface area (Å²) in [6, 6.07) is 3.91. The van der Waals surface area contributed by atoms with E-state index in [0.29, 0.717) is 17.6 Å². The Morgan fingerprint density at radius 3 is 3.00 bits per heavy atom. The van der Waals surface area contributed by atoms with E-state index in [4.69, 9.17) is 16.3 Å². The number of rotatable bonds is 5. The van der Waals surface area contributed by atoms with Crippen LogP contribution >= 0.6 is 27.5 Å². The van der Waals surface area contributed by atoms with Crippen LogP contribution in [0.2, 0.25) is 5.02 Å². The number of carbonyl (C=O) groups is 1. The van der Waals surface area contributed by atoms with Crippen molar-refractivity contribution in [2.75, 3.05) is 13.7 Å². The molecule has 2 aromatic rings. The highest BCUT2D eigenvalue weighted by atomic mass is 79.9. The topological polar surface area (TPSA) is 44.1 Å². The van der Waals surface area contributed by atoms with Gasteiger partial charge in [0.2, 0.25) is 5.78 Å². The molecule has 0 radical (unpaired) electrons. The summed E-state index contributed by atoms with van der Waals surface area (Å²) in [5.74, 6) is -0.884. The van der Waals surface area contributed by atoms with Crippen LogP contribution in [-0.4, -0.2) is 29.3 Å². The molecule has 1 aromatic carbocycles. The zero-order valence-corrected chi connectivity index (χ0v) is 12.9. The van der Waals surface area contributed by atoms with Crippen LogP contribution in [0.3, 0.4) is 0 Å². The highest BCUT2D eigenvalue weighted by Gasteiger charge is 2.21. The fraction of sp³-hybridized carbons (Fsp3) is 0.231. The molecule has 0 fully saturated rings. The van der Waals surface area contributed by atoms with Gasteiger partial charge in [-0.1, -0.05) is 27.5 Å². The summed E-state index contributed by atoms with van der Waals surface area (Å²) in [7, 11) is 1.55. The maximum Gasteiger partial charge on any atom is 0.213 e. The fourth-order valence-electron chi connectivity index (χ4n) is 1.73. The first-order chi connectivity index (χ1) is 9.54. The lowest BCUT2D eigenvalue weighted by Gasteiger charge is -2.08. The van der Waals surface area contributed by atoms with Crippen molar-refractivity contribution in [3.63, 3.8) is 0 Å². The minimum Gasteiger partial charge on any atom is -0.383 e. The van der Waals surface area contributed by atoms with Crippen molar-refractivity contribution >= 4 is 33.3 Å². The van der Waals surface area contributed by atoms with Gasteiger partial charge in [0, 0.05) is 17.1 Å². The van der Waals surface area contributed by atoms with E-state index in [1.54, 1.807) is 7.11 Å². The van der Waals surface area contributed by atoms with Gasteiger partial charge < -0.3 is 4.74 Å². The molecule has 0 amide bonds. The van der Waals surface area contributed by atoms with Gasteiger partial charge in [-0.3, -0.25) is 9.48 Å². The second kappa shape index (κ2) is 6.47. The molecule has 20 heavy (non-hydrogen) atoms. The quantitative estimate of drug-likeness (QED) is 0.768. The second-order valence-corrected chi connectivity index (χ2v) is 5.27. The monoisotopic (exact) mass is 360 g/mol. The van der Waals surface area contributed by atoms with Crippen molar-refractivity contribution in [2.24, 2.45) is 0 Å². The predicted molar refractivity (Wildman–Crippen MR) is 76.6 cm³/mol. The van der Waals surface area contributed by atoms with Crippen LogP contribution in [0.25, 0.3) is 0 Å². The van der Waals surface area contributed by atoms with E-state index < -0.39 is 11.6 Å². The third-order valence-corrected chi connectivity index (χ3v) is 3.66. The number of halogens is 3. The van der Waals surface area contributed by atoms with Crippen LogP contribution in [-0.2, 0) is 11.3 Å². The van der Waals surface area contributed by atoms with Gasteiger partial charge in [-0.05, 0) is 18.2 Å². The van der Waals surface area contributed by atoms with Crippen LogP contribution in [0.4, 0.5) is 4.39 Å². The Bertz CT molecular complexity index is 645. The van der Waals surface area contributed by atoms with Crippen molar-refractivity contribution in [1.29, 1.82) is 0 Å². The van der Waals surface area contributed by atoms with Gasteiger partial charge in [0.15, 0.2) is 0 Å². The largest absolute Gasteiger partial charge is 0.383 e. The van der Waals surface area contributed by atoms with Crippen LogP contribution in [0.15, 0.2) is 28.9 Å². The van der Waals surface area contributed by atoms with Gasteiger partial charge in [0.1, 0.15) is 11.5 Å². The van der Waals surface area contributed by atoms with Crippen molar-refractivity contribution in [2.45, 2.75) is 6.54 Å². The lowest BCUT2D eigenvalue weighted by atomic mass is 10.1. The van der Waals surface area contributed by atoms with E-state index >= 15 is 0 Å². The molecule has 0 N–H and O–H groups in total. The molecular formula is C13H11BrClFN2O2. The predicted octanol–water partition coefficient (Wildman–Crippen LogP) is 3.32. The number of hydrogen-bond donors (Lipinski definition) is 0. The van der Waals surface area contributed by atoms with E-state index in [9.17, 15) is 9.18 Å². The van der Waals surface area contributed by atoms with Crippen molar-refractivity contribution < 1.29 is 13.9 Å². The maximum atomic E-state index is 13.3. The van der Waals surface area contributed by atoms with E-state index in [1.165, 1.54) is 23.0 Å². The molecule has 0 unspecified atom stereocenters. The number of benzene rings is 1. The molecule has 2 rings (SSSR count). The van der Waals surface area contributed by atoms with Gasteiger partial charge in [-0.15, -0.1) is 0 Å². The third kappa shape index (κ3) is 3.08. The standard InChI is InChI=1S/C13H11BrClFN2O2/c1-20-5-4-18-12(11(15)7-17-18)13(19)9-6-8(16)2-3-10(9)14/h2-3,6-7H,4-5H2,1H3. The normalized spacial score (nSPS) is 10.8. The molecule has 1 aromatic heterocycles. The molecule has 1 heterocycles. The first-order valence-corrected chi connectivity index (χ1v) is 6.91. The highest BCUT2D eigenvalue weighted by molar-refractivity contribution is 9.10. The molecule has 0 saturated heterocycles. The number of aromatic nitrogens is 2. The average Bonchev–Trinajstić information content (AvgIpc) is 2.79. The number of nitrogens with zero attached hydrogens (tertiary/aromatic N) is 2. The Morgan fingerprint density at radius 1 is 1.55 bits per heavy atom. The minimum atomic E-state index is -0.490. The van der Waals surface area contributed by atoms with Gasteiger partial charge in [0.25, 0.3) is 0 Å². The lowest BCUT2D eigenvalue weighted by molar-refractivity contribution is 0.102. The van der Waals surface area contributed by atoms with Crippen LogP contribution < -0.4 is 0 Å². The molecule has 0 aliphatic heterocycles. The summed E-state index contributed by atoms with van der Waals surface area (Å²) in [6.45, 7) is 0.778. The summed E-state index contributed by atoms with van der Waals surface area (Å²) < 4.78 is 20.2. The highest BCUT2D eigenvalue weighted by Crippen LogP contribution is 2.24. The van der Waals surface area contributed by atoms with E-state index in [1.807, 2.05) is 0 Å². The first kappa shape index (κ1) is 15.2. The Labute approximate surface area is 128 Å². The van der Waals surface area contributed by atoms with Gasteiger partial charge in [0.05, 0.1) is 24.4 Å². The molecule has 106 valence electrons. The molecule has 4 nitrogen and oxygen atoms in total. The zero-order chi connectivity index (χ0) is 14.7. The Balaban J connectivity index is 2.42. The molecule has 0 aliphatic rings. The SMILES string of the molecule is COCCn1ncc(Cl)c1C(=O)c1cc(F)ccc1Br. The maximum absolute atomic E-state index is 13.3. The number of ether oxygens (including phenoxy) is 1. The summed E-state index contributed by atoms with van der Waals surface area (Å²) in [6.07, 6.45) is 1.39. The second-order valence-electron chi connectivity index (χ2n) is 4.01. The molecule has 0 aliphatic carbocycles. The number of carbonyl (C=O) groups excluding carboxylic acids is 1. The molecule has 0 saturated carbocycles. The molecule has 0 spiro atoms. The van der Waals surface area contributed by atoms with Crippen LogP contribution in [0, 0.1) is 5.82 Å². The van der Waals surface area contributed by atoms with Crippen LogP contribution in [0.5, 0.6) is 0 Å². The molecule has 0 atom stereocenters. The van der Waals surface area contributed by atoms with E-state index in [2.05, 4.69) is 21.0 Å². The van der Waals surface area contributed by atoms with Crippen molar-refractivity contribution in [1.82, 2.24) is 9.78 Å². The summed E-state index contributed by atoms with van der Waals surface area (Å²) >= 11 is 9.24. The Morgan fingerprint density at radius 2 is 2.30 bits per heavy atom. The van der Waals surface area contributed by atoms with Gasteiger partial charge in [-0.2, -0.15) is 5.10 Å². The summed E-state index contributed by atoms with van der Waals surface area (Å²) in [5.41, 5.74) is 0.418. The summed E-state index contributed by atoms with van der Waals surface area (Å²) in [5, 5.41) is 4.25. The molecule has 7 heteroatoms. The van der Waals surface area contributed by atoms with E-state index in [-0.39, 0.29) is 16.3 Å². The fourth-order valence-corrected chi connectivity index (χ4v) is 2.39. The first-order valence-electron chi connectivity index (χ1n) is 5.74. The number of ketones is 1. The molecular weight excluding hydrogens is 351 g/mol. The van der Waals surface area contributed by atoms with Crippen LogP contribution in [0.1, 0.15) is 16.1 Å². The van der Waals surface area contributed by atoms with Gasteiger partial charge in [-0.25, -0.2) is 4.39 Å². The average molecular weight is 362 g/mol. The number of hydrogen-bond acceptors (Lipinski definition) is 3. The third-order valence-electron chi connectivity index (χ3n) is 2.69. The summed E-state index contributed by atoms with van der Waals surface area (Å²) in [4.78, 5) is 12.5. The van der Waals surface area contributed by atoms with Crippen molar-refractivity contribution in [3.8, 4) is 0 Å². The Hall–Kier alpha value is -1.24. The van der Waals surface area contributed by atoms with Crippen molar-refractivity contribution in [3.05, 3.63) is 51.0 Å². The smallest absolute Gasteiger partial charge is 0.213 e. The lowest BCUT2D eigenvalue weighted by Crippen LogP contribution is -2.15. The number of methoxy groups -OCH3 is 1.